The van der Waals surface area contributed by atoms with Gasteiger partial charge in [-0.05, 0) is 26.0 Å². The van der Waals surface area contributed by atoms with Crippen molar-refractivity contribution in [2.24, 2.45) is 0 Å². The van der Waals surface area contributed by atoms with Crippen molar-refractivity contribution >= 4 is 53.2 Å². The molecule has 0 aliphatic rings. The SMILES string of the molecule is CC(=O)CSCC(C)=O.CC(=O)Nc1ccc(S)c([N+](=O)[O-])c1. The second-order valence-electron chi connectivity index (χ2n) is 4.54. The lowest BCUT2D eigenvalue weighted by atomic mass is 10.3. The minimum atomic E-state index is -0.548. The molecule has 0 unspecified atom stereocenters. The highest BCUT2D eigenvalue weighted by Gasteiger charge is 2.11. The second kappa shape index (κ2) is 10.8. The van der Waals surface area contributed by atoms with Gasteiger partial charge in [0, 0.05) is 18.7 Å². The molecule has 0 atom stereocenters. The van der Waals surface area contributed by atoms with E-state index in [-0.39, 0.29) is 28.1 Å². The molecule has 0 heterocycles. The Kier molecular flexibility index (Phi) is 9.91. The maximum atomic E-state index is 10.7. The van der Waals surface area contributed by atoms with Crippen LogP contribution in [0.1, 0.15) is 20.8 Å². The van der Waals surface area contributed by atoms with Gasteiger partial charge in [0.25, 0.3) is 5.69 Å². The molecule has 0 aliphatic carbocycles. The van der Waals surface area contributed by atoms with E-state index in [0.29, 0.717) is 17.2 Å². The highest BCUT2D eigenvalue weighted by molar-refractivity contribution is 8.00. The average molecular weight is 358 g/mol. The topological polar surface area (TPSA) is 106 Å². The van der Waals surface area contributed by atoms with Crippen LogP contribution in [-0.2, 0) is 14.4 Å². The maximum Gasteiger partial charge on any atom is 0.284 e. The molecule has 9 heteroatoms. The Bertz CT molecular complexity index is 591. The normalized spacial score (nSPS) is 9.39. The minimum absolute atomic E-state index is 0.125. The number of rotatable bonds is 6. The zero-order chi connectivity index (χ0) is 18.0. The number of nitro groups is 1. The van der Waals surface area contributed by atoms with Gasteiger partial charge in [0.15, 0.2) is 0 Å². The molecular formula is C14H18N2O5S2. The van der Waals surface area contributed by atoms with Crippen LogP contribution in [0.15, 0.2) is 23.1 Å². The van der Waals surface area contributed by atoms with Crippen LogP contribution in [0.2, 0.25) is 0 Å². The van der Waals surface area contributed by atoms with E-state index in [0.717, 1.165) is 0 Å². The number of thioether (sulfide) groups is 1. The van der Waals surface area contributed by atoms with Crippen molar-refractivity contribution < 1.29 is 19.3 Å². The Labute approximate surface area is 143 Å². The third kappa shape index (κ3) is 10.5. The summed E-state index contributed by atoms with van der Waals surface area (Å²) in [6, 6.07) is 4.28. The van der Waals surface area contributed by atoms with Gasteiger partial charge in [-0.15, -0.1) is 24.4 Å². The molecule has 1 amide bonds. The molecule has 0 radical (unpaired) electrons. The molecule has 0 fully saturated rings. The van der Waals surface area contributed by atoms with Gasteiger partial charge in [-0.1, -0.05) is 0 Å². The number of nitro benzene ring substituents is 1. The number of ketones is 2. The van der Waals surface area contributed by atoms with Crippen molar-refractivity contribution in [1.82, 2.24) is 0 Å². The number of benzene rings is 1. The van der Waals surface area contributed by atoms with Crippen LogP contribution in [0.3, 0.4) is 0 Å². The summed E-state index contributed by atoms with van der Waals surface area (Å²) in [5.74, 6) is 0.896. The van der Waals surface area contributed by atoms with Crippen LogP contribution < -0.4 is 5.32 Å². The summed E-state index contributed by atoms with van der Waals surface area (Å²) in [7, 11) is 0. The highest BCUT2D eigenvalue weighted by Crippen LogP contribution is 2.25. The lowest BCUT2D eigenvalue weighted by Gasteiger charge is -2.02. The third-order valence-electron chi connectivity index (χ3n) is 2.10. The summed E-state index contributed by atoms with van der Waals surface area (Å²) in [5, 5.41) is 13.0. The number of amides is 1. The smallest absolute Gasteiger partial charge is 0.284 e. The van der Waals surface area contributed by atoms with Crippen LogP contribution in [0.5, 0.6) is 0 Å². The Morgan fingerprint density at radius 1 is 1.17 bits per heavy atom. The molecule has 0 aliphatic heterocycles. The van der Waals surface area contributed by atoms with Gasteiger partial charge in [0.2, 0.25) is 5.91 Å². The zero-order valence-electron chi connectivity index (χ0n) is 13.0. The number of nitrogens with one attached hydrogen (secondary N) is 1. The molecule has 1 aromatic carbocycles. The van der Waals surface area contributed by atoms with Crippen molar-refractivity contribution in [3.05, 3.63) is 28.3 Å². The van der Waals surface area contributed by atoms with Crippen LogP contribution in [-0.4, -0.2) is 33.9 Å². The van der Waals surface area contributed by atoms with Crippen molar-refractivity contribution in [1.29, 1.82) is 0 Å². The zero-order valence-corrected chi connectivity index (χ0v) is 14.7. The minimum Gasteiger partial charge on any atom is -0.326 e. The Hall–Kier alpha value is -1.87. The number of carbonyl (C=O) groups is 3. The highest BCUT2D eigenvalue weighted by atomic mass is 32.2. The first-order valence-electron chi connectivity index (χ1n) is 6.45. The van der Waals surface area contributed by atoms with Gasteiger partial charge in [-0.2, -0.15) is 0 Å². The van der Waals surface area contributed by atoms with Crippen LogP contribution in [0, 0.1) is 10.1 Å². The Morgan fingerprint density at radius 2 is 1.70 bits per heavy atom. The van der Waals surface area contributed by atoms with Gasteiger partial charge in [-0.25, -0.2) is 0 Å². The summed E-state index contributed by atoms with van der Waals surface area (Å²) in [5.41, 5.74) is 0.265. The van der Waals surface area contributed by atoms with E-state index in [2.05, 4.69) is 17.9 Å². The largest absolute Gasteiger partial charge is 0.326 e. The summed E-state index contributed by atoms with van der Waals surface area (Å²) in [6.07, 6.45) is 0. The fourth-order valence-corrected chi connectivity index (χ4v) is 2.19. The monoisotopic (exact) mass is 358 g/mol. The lowest BCUT2D eigenvalue weighted by molar-refractivity contribution is -0.387. The molecule has 0 spiro atoms. The standard InChI is InChI=1S/C8H8N2O3S.C6H10O2S/c1-5(11)9-6-2-3-8(14)7(4-6)10(12)13;1-5(7)3-9-4-6(2)8/h2-4,14H,1H3,(H,9,11);3-4H2,1-2H3. The number of anilines is 1. The molecule has 0 saturated heterocycles. The fraction of sp³-hybridized carbons (Fsp3) is 0.357. The van der Waals surface area contributed by atoms with Crippen molar-refractivity contribution in [2.45, 2.75) is 25.7 Å². The van der Waals surface area contributed by atoms with E-state index in [4.69, 9.17) is 0 Å². The maximum absolute atomic E-state index is 10.7. The van der Waals surface area contributed by atoms with E-state index in [1.165, 1.54) is 44.7 Å². The summed E-state index contributed by atoms with van der Waals surface area (Å²) in [6.45, 7) is 4.38. The second-order valence-corrected chi connectivity index (χ2v) is 6.01. The van der Waals surface area contributed by atoms with Crippen molar-refractivity contribution in [3.63, 3.8) is 0 Å². The molecule has 0 aromatic heterocycles. The third-order valence-corrected chi connectivity index (χ3v) is 3.70. The molecule has 0 saturated carbocycles. The first-order valence-corrected chi connectivity index (χ1v) is 8.05. The van der Waals surface area contributed by atoms with E-state index in [9.17, 15) is 24.5 Å². The quantitative estimate of drug-likeness (QED) is 0.460. The molecule has 126 valence electrons. The van der Waals surface area contributed by atoms with Gasteiger partial charge in [0.1, 0.15) is 11.6 Å². The lowest BCUT2D eigenvalue weighted by Crippen LogP contribution is -2.05. The summed E-state index contributed by atoms with van der Waals surface area (Å²) >= 11 is 5.29. The van der Waals surface area contributed by atoms with Crippen LogP contribution in [0.4, 0.5) is 11.4 Å². The molecule has 1 aromatic rings. The molecule has 1 rings (SSSR count). The summed E-state index contributed by atoms with van der Waals surface area (Å²) in [4.78, 5) is 41.5. The molecular weight excluding hydrogens is 340 g/mol. The number of Topliss-reactive ketones (excluding diaryl/α,β-unsaturated/α-hetero) is 2. The Balaban J connectivity index is 0.000000468. The number of carbonyl (C=O) groups excluding carboxylic acids is 3. The first kappa shape index (κ1) is 21.1. The predicted octanol–water partition coefficient (Wildman–Crippen LogP) is 2.74. The molecule has 23 heavy (non-hydrogen) atoms. The van der Waals surface area contributed by atoms with E-state index in [1.54, 1.807) is 6.07 Å². The van der Waals surface area contributed by atoms with Gasteiger partial charge in [-0.3, -0.25) is 24.5 Å². The average Bonchev–Trinajstić information content (AvgIpc) is 2.40. The fourth-order valence-electron chi connectivity index (χ4n) is 1.29. The number of hydrogen-bond donors (Lipinski definition) is 2. The van der Waals surface area contributed by atoms with Gasteiger partial charge in [0.05, 0.1) is 21.3 Å². The van der Waals surface area contributed by atoms with Crippen molar-refractivity contribution in [2.75, 3.05) is 16.8 Å². The molecule has 1 N–H and O–H groups in total. The van der Waals surface area contributed by atoms with Gasteiger partial charge < -0.3 is 5.32 Å². The number of nitrogens with zero attached hydrogens (tertiary/aromatic N) is 1. The first-order chi connectivity index (χ1) is 10.6. The number of thiol groups is 1. The molecule has 7 nitrogen and oxygen atoms in total. The van der Waals surface area contributed by atoms with E-state index >= 15 is 0 Å². The van der Waals surface area contributed by atoms with E-state index < -0.39 is 4.92 Å². The van der Waals surface area contributed by atoms with Crippen molar-refractivity contribution in [3.8, 4) is 0 Å². The predicted molar refractivity (Wildman–Crippen MR) is 93.3 cm³/mol. The van der Waals surface area contributed by atoms with Gasteiger partial charge >= 0.3 is 0 Å². The summed E-state index contributed by atoms with van der Waals surface area (Å²) < 4.78 is 0. The molecule has 0 bridgehead atoms. The van der Waals surface area contributed by atoms with Crippen LogP contribution >= 0.6 is 24.4 Å². The Morgan fingerprint density at radius 3 is 2.09 bits per heavy atom. The van der Waals surface area contributed by atoms with E-state index in [1.807, 2.05) is 0 Å². The number of hydrogen-bond acceptors (Lipinski definition) is 7. The van der Waals surface area contributed by atoms with Crippen LogP contribution in [0.25, 0.3) is 0 Å².